The molecular weight excluding hydrogens is 292 g/mol. The van der Waals surface area contributed by atoms with Gasteiger partial charge in [0.1, 0.15) is 0 Å². The second-order valence-electron chi connectivity index (χ2n) is 4.57. The van der Waals surface area contributed by atoms with Gasteiger partial charge in [-0.2, -0.15) is 0 Å². The summed E-state index contributed by atoms with van der Waals surface area (Å²) in [5, 5.41) is 0. The van der Waals surface area contributed by atoms with Crippen LogP contribution >= 0.6 is 11.6 Å². The molecule has 0 N–H and O–H groups in total. The minimum Gasteiger partial charge on any atom is -0.462 e. The highest BCUT2D eigenvalue weighted by molar-refractivity contribution is 6.17. The molecule has 0 saturated heterocycles. The van der Waals surface area contributed by atoms with E-state index < -0.39 is 11.9 Å². The van der Waals surface area contributed by atoms with Crippen LogP contribution in [0.5, 0.6) is 0 Å². The Kier molecular flexibility index (Phi) is 8.51. The standard InChI is InChI=1S/C16H21ClO4/c1-2-3-11-20-15(18)13-8-4-5-9-14(13)16(19)21-12-7-6-10-17/h4-5,8-9H,2-3,6-7,10-12H2,1H3. The number of esters is 2. The first-order chi connectivity index (χ1) is 10.2. The number of rotatable bonds is 9. The van der Waals surface area contributed by atoms with Gasteiger partial charge in [-0.25, -0.2) is 9.59 Å². The molecule has 21 heavy (non-hydrogen) atoms. The molecule has 4 nitrogen and oxygen atoms in total. The zero-order valence-electron chi connectivity index (χ0n) is 12.3. The normalized spacial score (nSPS) is 10.2. The molecule has 1 aromatic carbocycles. The summed E-state index contributed by atoms with van der Waals surface area (Å²) in [6, 6.07) is 6.53. The maximum Gasteiger partial charge on any atom is 0.339 e. The first-order valence-electron chi connectivity index (χ1n) is 7.20. The van der Waals surface area contributed by atoms with Crippen molar-refractivity contribution in [1.82, 2.24) is 0 Å². The molecule has 1 rings (SSSR count). The molecule has 0 aliphatic carbocycles. The zero-order valence-corrected chi connectivity index (χ0v) is 13.0. The van der Waals surface area contributed by atoms with E-state index in [0.29, 0.717) is 25.5 Å². The highest BCUT2D eigenvalue weighted by Crippen LogP contribution is 2.12. The zero-order chi connectivity index (χ0) is 15.5. The number of halogens is 1. The van der Waals surface area contributed by atoms with Gasteiger partial charge in [0.2, 0.25) is 0 Å². The van der Waals surface area contributed by atoms with E-state index >= 15 is 0 Å². The Balaban J connectivity index is 2.65. The van der Waals surface area contributed by atoms with E-state index in [0.717, 1.165) is 19.3 Å². The maximum atomic E-state index is 12.0. The van der Waals surface area contributed by atoms with Crippen molar-refractivity contribution in [3.63, 3.8) is 0 Å². The summed E-state index contributed by atoms with van der Waals surface area (Å²) in [5.74, 6) is -0.456. The Labute approximate surface area is 130 Å². The molecule has 116 valence electrons. The van der Waals surface area contributed by atoms with Crippen molar-refractivity contribution in [2.45, 2.75) is 32.6 Å². The average molecular weight is 313 g/mol. The molecule has 0 fully saturated rings. The molecule has 1 aromatic rings. The number of hydrogen-bond donors (Lipinski definition) is 0. The molecule has 0 spiro atoms. The van der Waals surface area contributed by atoms with Crippen molar-refractivity contribution >= 4 is 23.5 Å². The first-order valence-corrected chi connectivity index (χ1v) is 7.73. The van der Waals surface area contributed by atoms with E-state index in [9.17, 15) is 9.59 Å². The number of alkyl halides is 1. The molecule has 0 aliphatic heterocycles. The van der Waals surface area contributed by atoms with Crippen LogP contribution in [0, 0.1) is 0 Å². The largest absolute Gasteiger partial charge is 0.462 e. The quantitative estimate of drug-likeness (QED) is 0.395. The fraction of sp³-hybridized carbons (Fsp3) is 0.500. The topological polar surface area (TPSA) is 52.6 Å². The van der Waals surface area contributed by atoms with Crippen molar-refractivity contribution in [2.24, 2.45) is 0 Å². The molecule has 0 heterocycles. The lowest BCUT2D eigenvalue weighted by Gasteiger charge is -2.09. The third kappa shape index (κ3) is 6.17. The van der Waals surface area contributed by atoms with Crippen LogP contribution in [-0.2, 0) is 9.47 Å². The molecule has 5 heteroatoms. The molecule has 0 saturated carbocycles. The Morgan fingerprint density at radius 2 is 1.48 bits per heavy atom. The molecule has 0 atom stereocenters. The summed E-state index contributed by atoms with van der Waals surface area (Å²) in [4.78, 5) is 24.0. The van der Waals surface area contributed by atoms with E-state index in [1.807, 2.05) is 6.92 Å². The minimum absolute atomic E-state index is 0.241. The third-order valence-corrected chi connectivity index (χ3v) is 3.13. The van der Waals surface area contributed by atoms with Crippen LogP contribution < -0.4 is 0 Å². The highest BCUT2D eigenvalue weighted by Gasteiger charge is 2.18. The molecule has 0 aliphatic rings. The molecule has 0 amide bonds. The third-order valence-electron chi connectivity index (χ3n) is 2.86. The second-order valence-corrected chi connectivity index (χ2v) is 4.95. The first kappa shape index (κ1) is 17.5. The summed E-state index contributed by atoms with van der Waals surface area (Å²) in [6.07, 6.45) is 3.24. The lowest BCUT2D eigenvalue weighted by Crippen LogP contribution is -2.15. The molecule has 0 aromatic heterocycles. The summed E-state index contributed by atoms with van der Waals surface area (Å²) in [5.41, 5.74) is 0.487. The number of benzene rings is 1. The van der Waals surface area contributed by atoms with Crippen LogP contribution in [0.4, 0.5) is 0 Å². The van der Waals surface area contributed by atoms with Gasteiger partial charge in [-0.1, -0.05) is 25.5 Å². The van der Waals surface area contributed by atoms with Crippen LogP contribution in [0.2, 0.25) is 0 Å². The van der Waals surface area contributed by atoms with E-state index in [2.05, 4.69) is 0 Å². The van der Waals surface area contributed by atoms with Gasteiger partial charge in [-0.05, 0) is 31.4 Å². The van der Waals surface area contributed by atoms with Gasteiger partial charge < -0.3 is 9.47 Å². The molecule has 0 unspecified atom stereocenters. The molecular formula is C16H21ClO4. The smallest absolute Gasteiger partial charge is 0.339 e. The van der Waals surface area contributed by atoms with E-state index in [1.165, 1.54) is 0 Å². The van der Waals surface area contributed by atoms with Gasteiger partial charge in [0.25, 0.3) is 0 Å². The molecule has 0 bridgehead atoms. The highest BCUT2D eigenvalue weighted by atomic mass is 35.5. The summed E-state index contributed by atoms with van der Waals surface area (Å²) in [6.45, 7) is 2.67. The monoisotopic (exact) mass is 312 g/mol. The van der Waals surface area contributed by atoms with Gasteiger partial charge in [0.05, 0.1) is 24.3 Å². The lowest BCUT2D eigenvalue weighted by molar-refractivity contribution is 0.0452. The van der Waals surface area contributed by atoms with Crippen molar-refractivity contribution in [3.05, 3.63) is 35.4 Å². The second kappa shape index (κ2) is 10.2. The predicted octanol–water partition coefficient (Wildman–Crippen LogP) is 3.82. The van der Waals surface area contributed by atoms with Crippen LogP contribution in [0.1, 0.15) is 53.3 Å². The van der Waals surface area contributed by atoms with Gasteiger partial charge in [0, 0.05) is 5.88 Å². The van der Waals surface area contributed by atoms with Crippen molar-refractivity contribution in [1.29, 1.82) is 0 Å². The fourth-order valence-corrected chi connectivity index (χ4v) is 1.85. The minimum atomic E-state index is -0.507. The van der Waals surface area contributed by atoms with Gasteiger partial charge >= 0.3 is 11.9 Å². The Bertz CT molecular complexity index is 459. The van der Waals surface area contributed by atoms with Crippen molar-refractivity contribution in [3.8, 4) is 0 Å². The number of carbonyl (C=O) groups excluding carboxylic acids is 2. The van der Waals surface area contributed by atoms with Crippen LogP contribution in [-0.4, -0.2) is 31.0 Å². The summed E-state index contributed by atoms with van der Waals surface area (Å²) >= 11 is 5.56. The number of ether oxygens (including phenoxy) is 2. The SMILES string of the molecule is CCCCOC(=O)c1ccccc1C(=O)OCCCCCl. The van der Waals surface area contributed by atoms with Gasteiger partial charge in [-0.3, -0.25) is 0 Å². The number of carbonyl (C=O) groups is 2. The van der Waals surface area contributed by atoms with Crippen LogP contribution in [0.3, 0.4) is 0 Å². The van der Waals surface area contributed by atoms with Crippen LogP contribution in [0.25, 0.3) is 0 Å². The van der Waals surface area contributed by atoms with Gasteiger partial charge in [-0.15, -0.1) is 11.6 Å². The van der Waals surface area contributed by atoms with E-state index in [4.69, 9.17) is 21.1 Å². The Morgan fingerprint density at radius 3 is 1.95 bits per heavy atom. The number of unbranched alkanes of at least 4 members (excludes halogenated alkanes) is 2. The van der Waals surface area contributed by atoms with E-state index in [-0.39, 0.29) is 11.1 Å². The lowest BCUT2D eigenvalue weighted by atomic mass is 10.1. The summed E-state index contributed by atoms with van der Waals surface area (Å²) < 4.78 is 10.3. The maximum absolute atomic E-state index is 12.0. The van der Waals surface area contributed by atoms with Gasteiger partial charge in [0.15, 0.2) is 0 Å². The predicted molar refractivity (Wildman–Crippen MR) is 81.9 cm³/mol. The Morgan fingerprint density at radius 1 is 0.952 bits per heavy atom. The number of hydrogen-bond acceptors (Lipinski definition) is 4. The average Bonchev–Trinajstić information content (AvgIpc) is 2.51. The molecule has 0 radical (unpaired) electrons. The van der Waals surface area contributed by atoms with Crippen molar-refractivity contribution in [2.75, 3.05) is 19.1 Å². The van der Waals surface area contributed by atoms with E-state index in [1.54, 1.807) is 24.3 Å². The van der Waals surface area contributed by atoms with Crippen molar-refractivity contribution < 1.29 is 19.1 Å². The summed E-state index contributed by atoms with van der Waals surface area (Å²) in [7, 11) is 0. The fourth-order valence-electron chi connectivity index (χ4n) is 1.67. The Hall–Kier alpha value is -1.55. The van der Waals surface area contributed by atoms with Crippen LogP contribution in [0.15, 0.2) is 24.3 Å².